The van der Waals surface area contributed by atoms with Crippen LogP contribution in [0, 0.1) is 12.3 Å². The van der Waals surface area contributed by atoms with Crippen LogP contribution in [0.2, 0.25) is 0 Å². The Bertz CT molecular complexity index is 970. The van der Waals surface area contributed by atoms with Gasteiger partial charge in [0.2, 0.25) is 0 Å². The largest absolute Gasteiger partial charge is 0.509 e. The summed E-state index contributed by atoms with van der Waals surface area (Å²) < 4.78 is 0. The van der Waals surface area contributed by atoms with Gasteiger partial charge in [-0.2, -0.15) is 0 Å². The third-order valence-electron chi connectivity index (χ3n) is 4.20. The van der Waals surface area contributed by atoms with Gasteiger partial charge in [0.05, 0.1) is 23.2 Å². The second-order valence-electron chi connectivity index (χ2n) is 5.83. The molecule has 1 aliphatic heterocycles. The Kier molecular flexibility index (Phi) is 3.06. The van der Waals surface area contributed by atoms with Crippen molar-refractivity contribution in [2.24, 2.45) is 0 Å². The maximum atomic E-state index is 10.4. The van der Waals surface area contributed by atoms with Crippen molar-refractivity contribution in [3.8, 4) is 5.75 Å². The Morgan fingerprint density at radius 2 is 1.96 bits per heavy atom. The summed E-state index contributed by atoms with van der Waals surface area (Å²) in [5, 5.41) is 28.4. The number of fused-ring (bicyclic) bond motifs is 1. The van der Waals surface area contributed by atoms with E-state index < -0.39 is 0 Å². The third-order valence-corrected chi connectivity index (χ3v) is 4.20. The molecule has 0 spiro atoms. The van der Waals surface area contributed by atoms with Crippen LogP contribution in [0.1, 0.15) is 11.4 Å². The first-order valence-electron chi connectivity index (χ1n) is 7.58. The minimum atomic E-state index is 0.103. The van der Waals surface area contributed by atoms with Crippen LogP contribution in [0.15, 0.2) is 48.2 Å². The summed E-state index contributed by atoms with van der Waals surface area (Å²) in [6, 6.07) is 12.5. The molecule has 120 valence electrons. The van der Waals surface area contributed by atoms with E-state index in [0.717, 1.165) is 22.3 Å². The Morgan fingerprint density at radius 3 is 2.71 bits per heavy atom. The molecule has 0 bridgehead atoms. The van der Waals surface area contributed by atoms with E-state index in [4.69, 9.17) is 5.41 Å². The molecule has 0 radical (unpaired) electrons. The monoisotopic (exact) mass is 320 g/mol. The van der Waals surface area contributed by atoms with Gasteiger partial charge in [-0.05, 0) is 42.8 Å². The summed E-state index contributed by atoms with van der Waals surface area (Å²) >= 11 is 0. The highest BCUT2D eigenvalue weighted by Gasteiger charge is 2.31. The Balaban J connectivity index is 1.75. The van der Waals surface area contributed by atoms with Gasteiger partial charge in [0.25, 0.3) is 0 Å². The Hall–Kier alpha value is -3.28. The molecule has 0 aliphatic carbocycles. The second-order valence-corrected chi connectivity index (χ2v) is 5.83. The molecule has 6 nitrogen and oxygen atoms in total. The summed E-state index contributed by atoms with van der Waals surface area (Å²) in [7, 11) is 0. The minimum absolute atomic E-state index is 0.103. The van der Waals surface area contributed by atoms with Gasteiger partial charge in [0, 0.05) is 5.69 Å². The number of hydrogen-bond donors (Lipinski definition) is 4. The van der Waals surface area contributed by atoms with E-state index in [1.807, 2.05) is 31.2 Å². The van der Waals surface area contributed by atoms with Crippen LogP contribution in [-0.2, 0) is 0 Å². The fourth-order valence-corrected chi connectivity index (χ4v) is 3.05. The maximum Gasteiger partial charge on any atom is 0.145 e. The van der Waals surface area contributed by atoms with Crippen molar-refractivity contribution in [1.29, 1.82) is 5.41 Å². The zero-order valence-electron chi connectivity index (χ0n) is 13.0. The molecule has 2 heterocycles. The number of amidine groups is 1. The number of para-hydroxylation sites is 2. The van der Waals surface area contributed by atoms with Gasteiger partial charge in [0.15, 0.2) is 0 Å². The molecular formula is C18H16N4O2. The number of phenols is 1. The molecule has 4 rings (SSSR count). The summed E-state index contributed by atoms with van der Waals surface area (Å²) in [5.41, 5.74) is 3.66. The van der Waals surface area contributed by atoms with Crippen LogP contribution in [-0.4, -0.2) is 32.6 Å². The fourth-order valence-electron chi connectivity index (χ4n) is 3.05. The highest BCUT2D eigenvalue weighted by Crippen LogP contribution is 2.33. The number of rotatable bonds is 2. The smallest absolute Gasteiger partial charge is 0.145 e. The van der Waals surface area contributed by atoms with E-state index in [1.165, 1.54) is 0 Å². The number of aliphatic hydroxyl groups excluding tert-OH is 1. The lowest BCUT2D eigenvalue weighted by atomic mass is 10.1. The van der Waals surface area contributed by atoms with E-state index in [1.54, 1.807) is 23.1 Å². The predicted molar refractivity (Wildman–Crippen MR) is 93.6 cm³/mol. The quantitative estimate of drug-likeness (QED) is 0.582. The van der Waals surface area contributed by atoms with Crippen molar-refractivity contribution in [2.45, 2.75) is 6.92 Å². The number of aliphatic hydroxyl groups is 1. The number of anilines is 1. The molecule has 4 N–H and O–H groups in total. The Labute approximate surface area is 138 Å². The summed E-state index contributed by atoms with van der Waals surface area (Å²) in [6.45, 7) is 2.06. The number of hydrogen-bond acceptors (Lipinski definition) is 4. The van der Waals surface area contributed by atoms with E-state index in [0.29, 0.717) is 11.4 Å². The number of aromatic hydroxyl groups is 1. The van der Waals surface area contributed by atoms with E-state index >= 15 is 0 Å². The van der Waals surface area contributed by atoms with Crippen LogP contribution < -0.4 is 4.90 Å². The van der Waals surface area contributed by atoms with Gasteiger partial charge in [-0.1, -0.05) is 12.1 Å². The van der Waals surface area contributed by atoms with Crippen LogP contribution in [0.4, 0.5) is 5.69 Å². The number of benzene rings is 2. The molecule has 6 heteroatoms. The van der Waals surface area contributed by atoms with Gasteiger partial charge in [-0.15, -0.1) is 0 Å². The molecule has 1 aliphatic rings. The lowest BCUT2D eigenvalue weighted by molar-refractivity contribution is 0.411. The third kappa shape index (κ3) is 2.11. The van der Waals surface area contributed by atoms with E-state index in [-0.39, 0.29) is 23.9 Å². The number of phenolic OH excluding ortho intramolecular Hbond substituents is 1. The van der Waals surface area contributed by atoms with Crippen LogP contribution in [0.5, 0.6) is 5.75 Å². The molecule has 3 aromatic rings. The van der Waals surface area contributed by atoms with Crippen molar-refractivity contribution >= 4 is 28.1 Å². The van der Waals surface area contributed by atoms with Gasteiger partial charge in [-0.25, -0.2) is 4.98 Å². The molecule has 0 amide bonds. The van der Waals surface area contributed by atoms with E-state index in [2.05, 4.69) is 9.97 Å². The molecule has 0 unspecified atom stereocenters. The van der Waals surface area contributed by atoms with Gasteiger partial charge < -0.3 is 20.1 Å². The standard InChI is InChI=1S/C18H16N4O2/c1-10-8-11(23)6-7-14(10)22-9-15(24)16(17(22)19)18-20-12-4-2-3-5-13(12)21-18/h2-8,19,23-24H,9H2,1H3,(H,20,21). The highest BCUT2D eigenvalue weighted by molar-refractivity contribution is 6.30. The number of H-pyrrole nitrogens is 1. The van der Waals surface area contributed by atoms with Gasteiger partial charge in [0.1, 0.15) is 23.2 Å². The highest BCUT2D eigenvalue weighted by atomic mass is 16.3. The first kappa shape index (κ1) is 14.3. The van der Waals surface area contributed by atoms with Gasteiger partial charge in [-0.3, -0.25) is 5.41 Å². The molecule has 0 atom stereocenters. The predicted octanol–water partition coefficient (Wildman–Crippen LogP) is 3.34. The molecular weight excluding hydrogens is 304 g/mol. The SMILES string of the molecule is Cc1cc(O)ccc1N1CC(O)=C(c2nc3ccccc3[nH]2)C1=N. The lowest BCUT2D eigenvalue weighted by Crippen LogP contribution is -2.26. The summed E-state index contributed by atoms with van der Waals surface area (Å²) in [4.78, 5) is 9.34. The number of imidazole rings is 1. The number of aromatic amines is 1. The first-order chi connectivity index (χ1) is 11.5. The summed E-state index contributed by atoms with van der Waals surface area (Å²) in [5.74, 6) is 0.946. The molecule has 1 aromatic heterocycles. The van der Waals surface area contributed by atoms with Crippen LogP contribution >= 0.6 is 0 Å². The number of nitrogens with one attached hydrogen (secondary N) is 2. The molecule has 0 saturated carbocycles. The van der Waals surface area contributed by atoms with Crippen LogP contribution in [0.25, 0.3) is 16.6 Å². The lowest BCUT2D eigenvalue weighted by Gasteiger charge is -2.20. The number of aryl methyl sites for hydroxylation is 1. The zero-order chi connectivity index (χ0) is 16.8. The van der Waals surface area contributed by atoms with Crippen molar-refractivity contribution in [1.82, 2.24) is 9.97 Å². The second kappa shape index (κ2) is 5.13. The fraction of sp³-hybridized carbons (Fsp3) is 0.111. The van der Waals surface area contributed by atoms with Gasteiger partial charge >= 0.3 is 0 Å². The summed E-state index contributed by atoms with van der Waals surface area (Å²) in [6.07, 6.45) is 0. The number of nitrogens with zero attached hydrogens (tertiary/aromatic N) is 2. The van der Waals surface area contributed by atoms with Crippen molar-refractivity contribution < 1.29 is 10.2 Å². The van der Waals surface area contributed by atoms with E-state index in [9.17, 15) is 10.2 Å². The average molecular weight is 320 g/mol. The molecule has 2 aromatic carbocycles. The minimum Gasteiger partial charge on any atom is -0.509 e. The Morgan fingerprint density at radius 1 is 1.17 bits per heavy atom. The van der Waals surface area contributed by atoms with Crippen molar-refractivity contribution in [3.63, 3.8) is 0 Å². The number of aromatic nitrogens is 2. The maximum absolute atomic E-state index is 10.4. The normalized spacial score (nSPS) is 14.9. The zero-order valence-corrected chi connectivity index (χ0v) is 13.0. The molecule has 24 heavy (non-hydrogen) atoms. The topological polar surface area (TPSA) is 96.2 Å². The first-order valence-corrected chi connectivity index (χ1v) is 7.58. The molecule has 0 saturated heterocycles. The van der Waals surface area contributed by atoms with Crippen molar-refractivity contribution in [3.05, 3.63) is 59.6 Å². The molecule has 0 fully saturated rings. The van der Waals surface area contributed by atoms with Crippen LogP contribution in [0.3, 0.4) is 0 Å². The average Bonchev–Trinajstić information content (AvgIpc) is 3.08. The van der Waals surface area contributed by atoms with Crippen molar-refractivity contribution in [2.75, 3.05) is 11.4 Å².